The summed E-state index contributed by atoms with van der Waals surface area (Å²) in [5.74, 6) is -0.119. The lowest BCUT2D eigenvalue weighted by Gasteiger charge is -2.33. The fourth-order valence-electron chi connectivity index (χ4n) is 4.27. The maximum Gasteiger partial charge on any atom is 0.405 e. The summed E-state index contributed by atoms with van der Waals surface area (Å²) in [6.45, 7) is 5.43. The number of alkyl halides is 3. The van der Waals surface area contributed by atoms with Gasteiger partial charge in [-0.15, -0.1) is 0 Å². The van der Waals surface area contributed by atoms with E-state index in [0.29, 0.717) is 11.0 Å². The van der Waals surface area contributed by atoms with Gasteiger partial charge in [-0.05, 0) is 63.0 Å². The van der Waals surface area contributed by atoms with Crippen LogP contribution in [-0.4, -0.2) is 83.7 Å². The first kappa shape index (κ1) is 22.7. The molecule has 0 saturated carbocycles. The Labute approximate surface area is 185 Å². The number of anilines is 1. The van der Waals surface area contributed by atoms with Crippen LogP contribution in [0.25, 0.3) is 11.0 Å². The van der Waals surface area contributed by atoms with Gasteiger partial charge < -0.3 is 20.4 Å². The monoisotopic (exact) mass is 450 g/mol. The Bertz CT molecular complexity index is 924. The molecule has 32 heavy (non-hydrogen) atoms. The van der Waals surface area contributed by atoms with Crippen molar-refractivity contribution < 1.29 is 18.0 Å². The van der Waals surface area contributed by atoms with Crippen molar-refractivity contribution in [3.8, 4) is 0 Å². The van der Waals surface area contributed by atoms with Gasteiger partial charge in [0.2, 0.25) is 0 Å². The first-order valence-electron chi connectivity index (χ1n) is 11.2. The van der Waals surface area contributed by atoms with Crippen LogP contribution in [0.1, 0.15) is 36.2 Å². The second-order valence-corrected chi connectivity index (χ2v) is 8.54. The molecule has 2 aliphatic heterocycles. The molecule has 0 unspecified atom stereocenters. The summed E-state index contributed by atoms with van der Waals surface area (Å²) in [6.07, 6.45) is 0.122. The van der Waals surface area contributed by atoms with Gasteiger partial charge in [0.05, 0.1) is 11.0 Å². The highest BCUT2D eigenvalue weighted by Crippen LogP contribution is 2.18. The third kappa shape index (κ3) is 6.29. The number of amides is 1. The van der Waals surface area contributed by atoms with Crippen molar-refractivity contribution in [2.24, 2.45) is 0 Å². The van der Waals surface area contributed by atoms with E-state index in [-0.39, 0.29) is 23.5 Å². The molecule has 7 nitrogen and oxygen atoms in total. The summed E-state index contributed by atoms with van der Waals surface area (Å²) >= 11 is 0. The van der Waals surface area contributed by atoms with Crippen molar-refractivity contribution in [2.75, 3.05) is 51.1 Å². The number of nitrogens with zero attached hydrogens (tertiary/aromatic N) is 4. The summed E-state index contributed by atoms with van der Waals surface area (Å²) in [7, 11) is 0. The number of hydrogen-bond acceptors (Lipinski definition) is 6. The van der Waals surface area contributed by atoms with E-state index in [1.165, 1.54) is 32.0 Å². The zero-order valence-electron chi connectivity index (χ0n) is 18.0. The second kappa shape index (κ2) is 9.99. The van der Waals surface area contributed by atoms with Crippen molar-refractivity contribution >= 4 is 22.8 Å². The van der Waals surface area contributed by atoms with Crippen molar-refractivity contribution in [3.05, 3.63) is 30.0 Å². The molecule has 2 fully saturated rings. The van der Waals surface area contributed by atoms with Crippen molar-refractivity contribution in [1.29, 1.82) is 0 Å². The molecule has 2 saturated heterocycles. The number of halogens is 3. The van der Waals surface area contributed by atoms with E-state index < -0.39 is 12.7 Å². The van der Waals surface area contributed by atoms with E-state index in [0.717, 1.165) is 39.0 Å². The van der Waals surface area contributed by atoms with E-state index in [4.69, 9.17) is 0 Å². The van der Waals surface area contributed by atoms with E-state index in [9.17, 15) is 18.0 Å². The van der Waals surface area contributed by atoms with E-state index in [1.54, 1.807) is 18.2 Å². The third-order valence-corrected chi connectivity index (χ3v) is 6.10. The first-order chi connectivity index (χ1) is 15.4. The Morgan fingerprint density at radius 2 is 1.56 bits per heavy atom. The Morgan fingerprint density at radius 1 is 0.938 bits per heavy atom. The molecule has 2 aromatic heterocycles. The minimum Gasteiger partial charge on any atom is -0.361 e. The fraction of sp³-hybridized carbons (Fsp3) is 0.591. The number of rotatable bonds is 7. The molecule has 0 spiro atoms. The minimum atomic E-state index is -4.32. The summed E-state index contributed by atoms with van der Waals surface area (Å²) in [4.78, 5) is 26.1. The average molecular weight is 451 g/mol. The summed E-state index contributed by atoms with van der Waals surface area (Å²) in [6, 6.07) is 6.28. The third-order valence-electron chi connectivity index (χ3n) is 6.10. The molecular formula is C22H29F3N6O. The van der Waals surface area contributed by atoms with Crippen molar-refractivity contribution in [1.82, 2.24) is 25.1 Å². The molecule has 4 rings (SSSR count). The molecule has 2 aliphatic rings. The number of nitrogens with one attached hydrogen (secondary N) is 2. The van der Waals surface area contributed by atoms with Crippen LogP contribution in [0, 0.1) is 0 Å². The number of likely N-dealkylation sites (tertiary alicyclic amines) is 2. The maximum absolute atomic E-state index is 12.7. The highest BCUT2D eigenvalue weighted by molar-refractivity contribution is 5.94. The number of fused-ring (bicyclic) bond motifs is 1. The first-order valence-corrected chi connectivity index (χ1v) is 11.2. The van der Waals surface area contributed by atoms with Gasteiger partial charge in [-0.1, -0.05) is 0 Å². The zero-order valence-corrected chi connectivity index (χ0v) is 18.0. The molecule has 0 radical (unpaired) electrons. The number of hydrogen-bond donors (Lipinski definition) is 2. The van der Waals surface area contributed by atoms with E-state index >= 15 is 0 Å². The van der Waals surface area contributed by atoms with Gasteiger partial charge in [0.25, 0.3) is 5.91 Å². The molecule has 2 N–H and O–H groups in total. The molecular weight excluding hydrogens is 421 g/mol. The molecule has 0 aliphatic carbocycles. The predicted molar refractivity (Wildman–Crippen MR) is 117 cm³/mol. The normalized spacial score (nSPS) is 18.8. The predicted octanol–water partition coefficient (Wildman–Crippen LogP) is 2.89. The van der Waals surface area contributed by atoms with Crippen LogP contribution in [0.15, 0.2) is 24.3 Å². The molecule has 1 amide bonds. The van der Waals surface area contributed by atoms with Crippen LogP contribution in [0.4, 0.5) is 19.0 Å². The lowest BCUT2D eigenvalue weighted by Crippen LogP contribution is -2.46. The molecule has 2 aromatic rings. The average Bonchev–Trinajstić information content (AvgIpc) is 3.30. The summed E-state index contributed by atoms with van der Waals surface area (Å²) < 4.78 is 37.1. The van der Waals surface area contributed by atoms with Crippen LogP contribution in [-0.2, 0) is 0 Å². The molecule has 10 heteroatoms. The Balaban J connectivity index is 1.27. The van der Waals surface area contributed by atoms with Gasteiger partial charge in [-0.3, -0.25) is 4.79 Å². The number of carbonyl (C=O) groups is 1. The largest absolute Gasteiger partial charge is 0.405 e. The Morgan fingerprint density at radius 3 is 2.25 bits per heavy atom. The van der Waals surface area contributed by atoms with Gasteiger partial charge in [0.15, 0.2) is 0 Å². The second-order valence-electron chi connectivity index (χ2n) is 8.54. The Kier molecular flexibility index (Phi) is 7.10. The molecule has 4 heterocycles. The molecule has 0 bridgehead atoms. The van der Waals surface area contributed by atoms with Crippen LogP contribution >= 0.6 is 0 Å². The SMILES string of the molecule is O=C(NC1CCN(CCN2CCCC2)CC1)c1ccc2nc(NCC(F)(F)F)ccc2n1. The number of aromatic nitrogens is 2. The van der Waals surface area contributed by atoms with Gasteiger partial charge in [0, 0.05) is 32.2 Å². The molecule has 0 atom stereocenters. The summed E-state index contributed by atoms with van der Waals surface area (Å²) in [5, 5.41) is 5.32. The Hall–Kier alpha value is -2.46. The molecule has 174 valence electrons. The van der Waals surface area contributed by atoms with Crippen LogP contribution in [0.5, 0.6) is 0 Å². The lowest BCUT2D eigenvalue weighted by molar-refractivity contribution is -0.115. The maximum atomic E-state index is 12.7. The lowest BCUT2D eigenvalue weighted by atomic mass is 10.0. The highest BCUT2D eigenvalue weighted by atomic mass is 19.4. The topological polar surface area (TPSA) is 73.4 Å². The zero-order chi connectivity index (χ0) is 22.6. The highest BCUT2D eigenvalue weighted by Gasteiger charge is 2.27. The molecule has 0 aromatic carbocycles. The van der Waals surface area contributed by atoms with Gasteiger partial charge in [-0.2, -0.15) is 13.2 Å². The number of piperidine rings is 1. The smallest absolute Gasteiger partial charge is 0.361 e. The van der Waals surface area contributed by atoms with Crippen molar-refractivity contribution in [2.45, 2.75) is 37.9 Å². The van der Waals surface area contributed by atoms with Crippen molar-refractivity contribution in [3.63, 3.8) is 0 Å². The number of pyridine rings is 2. The van der Waals surface area contributed by atoms with E-state index in [2.05, 4.69) is 30.4 Å². The minimum absolute atomic E-state index is 0.116. The van der Waals surface area contributed by atoms with Gasteiger partial charge >= 0.3 is 6.18 Å². The fourth-order valence-corrected chi connectivity index (χ4v) is 4.27. The number of carbonyl (C=O) groups excluding carboxylic acids is 1. The van der Waals surface area contributed by atoms with E-state index in [1.807, 2.05) is 0 Å². The summed E-state index contributed by atoms with van der Waals surface area (Å²) in [5.41, 5.74) is 1.18. The van der Waals surface area contributed by atoms with Crippen LogP contribution in [0.3, 0.4) is 0 Å². The standard InChI is InChI=1S/C22H29F3N6O/c23-22(24,25)15-26-20-6-5-17-18(29-20)3-4-19(28-17)21(32)27-16-7-11-31(12-8-16)14-13-30-9-1-2-10-30/h3-6,16H,1-2,7-15H2,(H,26,29)(H,27,32). The van der Waals surface area contributed by atoms with Crippen LogP contribution < -0.4 is 10.6 Å². The quantitative estimate of drug-likeness (QED) is 0.676. The van der Waals surface area contributed by atoms with Gasteiger partial charge in [0.1, 0.15) is 18.1 Å². The van der Waals surface area contributed by atoms with Gasteiger partial charge in [-0.25, -0.2) is 9.97 Å². The van der Waals surface area contributed by atoms with Crippen LogP contribution in [0.2, 0.25) is 0 Å².